The number of hydrogen-bond donors (Lipinski definition) is 2. The van der Waals surface area contributed by atoms with Gasteiger partial charge in [0.1, 0.15) is 0 Å². The molecular weight excluding hydrogens is 503 g/mol. The van der Waals surface area contributed by atoms with E-state index in [-0.39, 0.29) is 19.5 Å². The van der Waals surface area contributed by atoms with E-state index in [0.717, 1.165) is 7.11 Å². The summed E-state index contributed by atoms with van der Waals surface area (Å²) in [6.45, 7) is -0.440. The topological polar surface area (TPSA) is 58.9 Å². The van der Waals surface area contributed by atoms with E-state index in [1.165, 1.54) is 0 Å². The summed E-state index contributed by atoms with van der Waals surface area (Å²) in [6.07, 6.45) is -28.8. The van der Waals surface area contributed by atoms with E-state index in [4.69, 9.17) is 10.2 Å². The quantitative estimate of drug-likeness (QED) is 0.387. The van der Waals surface area contributed by atoms with E-state index >= 15 is 0 Å². The van der Waals surface area contributed by atoms with Gasteiger partial charge in [-0.2, -0.15) is 35.1 Å². The van der Waals surface area contributed by atoms with E-state index in [9.17, 15) is 52.7 Å². The summed E-state index contributed by atoms with van der Waals surface area (Å²) in [5.41, 5.74) is 0. The fourth-order valence-electron chi connectivity index (χ4n) is 0.752. The molecule has 0 aliphatic rings. The monoisotopic (exact) mass is 513 g/mol. The van der Waals surface area contributed by atoms with Crippen molar-refractivity contribution in [1.82, 2.24) is 0 Å². The van der Waals surface area contributed by atoms with Crippen molar-refractivity contribution in [2.24, 2.45) is 0 Å². The van der Waals surface area contributed by atoms with Crippen LogP contribution in [0.15, 0.2) is 0 Å². The van der Waals surface area contributed by atoms with Crippen LogP contribution in [0.2, 0.25) is 0 Å². The minimum Gasteiger partial charge on any atom is -0.400 e. The van der Waals surface area contributed by atoms with Crippen molar-refractivity contribution in [2.45, 2.75) is 49.8 Å². The first-order valence-electron chi connectivity index (χ1n) is 5.45. The SMILES string of the molecule is CC(F)(F)C(F)OC(F)(F)C(F)(F)C(F)(F)OC(F)C(O)(F)F.CO.[Rh]. The molecule has 163 valence electrons. The largest absolute Gasteiger partial charge is 0.431 e. The van der Waals surface area contributed by atoms with Gasteiger partial charge in [0.15, 0.2) is 0 Å². The molecule has 2 unspecified atom stereocenters. The van der Waals surface area contributed by atoms with Gasteiger partial charge in [0.25, 0.3) is 18.6 Å². The minimum absolute atomic E-state index is 0. The second kappa shape index (κ2) is 9.71. The number of aliphatic hydroxyl groups is 2. The predicted molar refractivity (Wildman–Crippen MR) is 52.7 cm³/mol. The third-order valence-electron chi connectivity index (χ3n) is 1.91. The molecule has 2 atom stereocenters. The van der Waals surface area contributed by atoms with E-state index in [1.807, 2.05) is 4.74 Å². The zero-order chi connectivity index (χ0) is 21.1. The van der Waals surface area contributed by atoms with Crippen LogP contribution < -0.4 is 0 Å². The molecule has 0 aromatic rings. The van der Waals surface area contributed by atoms with E-state index in [1.54, 1.807) is 0 Å². The molecule has 0 aromatic carbocycles. The van der Waals surface area contributed by atoms with Crippen molar-refractivity contribution in [3.8, 4) is 0 Å². The number of alkyl halides is 12. The van der Waals surface area contributed by atoms with Crippen molar-refractivity contribution in [2.75, 3.05) is 7.11 Å². The third-order valence-corrected chi connectivity index (χ3v) is 1.91. The van der Waals surface area contributed by atoms with Gasteiger partial charge in [-0.3, -0.25) is 9.47 Å². The molecule has 0 fully saturated rings. The van der Waals surface area contributed by atoms with Gasteiger partial charge in [0, 0.05) is 33.5 Å². The fraction of sp³-hybridized carbons (Fsp3) is 1.00. The average Bonchev–Trinajstić information content (AvgIpc) is 2.37. The van der Waals surface area contributed by atoms with Crippen LogP contribution in [0.3, 0.4) is 0 Å². The van der Waals surface area contributed by atoms with Gasteiger partial charge in [0.05, 0.1) is 0 Å². The third kappa shape index (κ3) is 7.70. The van der Waals surface area contributed by atoms with Crippen LogP contribution in [0.25, 0.3) is 0 Å². The predicted octanol–water partition coefficient (Wildman–Crippen LogP) is 3.28. The normalized spacial score (nSPS) is 16.2. The van der Waals surface area contributed by atoms with E-state index in [2.05, 4.69) is 4.74 Å². The molecule has 0 amide bonds. The Hall–Kier alpha value is -0.377. The van der Waals surface area contributed by atoms with Crippen LogP contribution in [0.5, 0.6) is 0 Å². The molecule has 0 aliphatic heterocycles. The van der Waals surface area contributed by atoms with Gasteiger partial charge >= 0.3 is 24.2 Å². The average molecular weight is 513 g/mol. The molecule has 0 bridgehead atoms. The second-order valence-corrected chi connectivity index (χ2v) is 4.02. The van der Waals surface area contributed by atoms with Gasteiger partial charge in [-0.1, -0.05) is 0 Å². The molecule has 0 spiro atoms. The van der Waals surface area contributed by atoms with Crippen LogP contribution >= 0.6 is 0 Å². The summed E-state index contributed by atoms with van der Waals surface area (Å²) in [5.74, 6) is -11.9. The fourth-order valence-corrected chi connectivity index (χ4v) is 0.752. The standard InChI is InChI=1S/C8H6F12O3.CH4O.Rh/c1-4(11,12)2(9)22-7(17,18)6(15,16)8(19,20)23-3(10)5(13,14)21;1-2;/h2-3,21H,1H3;2H,1H3;. The maximum absolute atomic E-state index is 12.8. The minimum atomic E-state index is -7.08. The zero-order valence-corrected chi connectivity index (χ0v) is 13.9. The van der Waals surface area contributed by atoms with Crippen molar-refractivity contribution >= 4 is 0 Å². The van der Waals surface area contributed by atoms with E-state index in [0.29, 0.717) is 0 Å². The molecule has 17 heteroatoms. The van der Waals surface area contributed by atoms with Gasteiger partial charge in [0.2, 0.25) is 0 Å². The summed E-state index contributed by atoms with van der Waals surface area (Å²) >= 11 is 0. The van der Waals surface area contributed by atoms with Crippen molar-refractivity contribution in [3.05, 3.63) is 0 Å². The van der Waals surface area contributed by atoms with Gasteiger partial charge in [-0.15, -0.1) is 0 Å². The van der Waals surface area contributed by atoms with Crippen LogP contribution in [-0.4, -0.2) is 60.2 Å². The first kappa shape index (κ1) is 30.4. The Labute approximate surface area is 149 Å². The molecule has 0 rings (SSSR count). The Balaban J connectivity index is -0.00000170. The van der Waals surface area contributed by atoms with Crippen LogP contribution in [0.1, 0.15) is 6.92 Å². The number of hydrogen-bond acceptors (Lipinski definition) is 4. The molecular formula is C9H10F12O4Rh. The summed E-state index contributed by atoms with van der Waals surface area (Å²) in [7, 11) is 1.00. The Kier molecular flexibility index (Phi) is 11.3. The van der Waals surface area contributed by atoms with Crippen LogP contribution in [0, 0.1) is 0 Å². The zero-order valence-electron chi connectivity index (χ0n) is 12.2. The number of aliphatic hydroxyl groups excluding tert-OH is 1. The molecule has 0 saturated carbocycles. The van der Waals surface area contributed by atoms with Gasteiger partial charge in [-0.25, -0.2) is 17.6 Å². The van der Waals surface area contributed by atoms with Gasteiger partial charge in [-0.05, 0) is 0 Å². The smallest absolute Gasteiger partial charge is 0.400 e. The maximum atomic E-state index is 12.8. The second-order valence-electron chi connectivity index (χ2n) is 4.02. The molecule has 0 aromatic heterocycles. The Morgan fingerprint density at radius 2 is 0.962 bits per heavy atom. The number of halogens is 12. The van der Waals surface area contributed by atoms with Crippen molar-refractivity contribution in [3.63, 3.8) is 0 Å². The Morgan fingerprint density at radius 1 is 0.692 bits per heavy atom. The summed E-state index contributed by atoms with van der Waals surface area (Å²) in [6, 6.07) is 0. The first-order chi connectivity index (χ1) is 10.8. The summed E-state index contributed by atoms with van der Waals surface area (Å²) < 4.78 is 153. The molecule has 0 heterocycles. The molecule has 1 radical (unpaired) electrons. The molecule has 0 aliphatic carbocycles. The molecule has 26 heavy (non-hydrogen) atoms. The van der Waals surface area contributed by atoms with E-state index < -0.39 is 49.8 Å². The summed E-state index contributed by atoms with van der Waals surface area (Å²) in [5, 5.41) is 14.6. The molecule has 4 nitrogen and oxygen atoms in total. The Morgan fingerprint density at radius 3 is 1.19 bits per heavy atom. The molecule has 0 saturated heterocycles. The van der Waals surface area contributed by atoms with Crippen LogP contribution in [0.4, 0.5) is 52.7 Å². The van der Waals surface area contributed by atoms with Gasteiger partial charge < -0.3 is 10.2 Å². The Bertz CT molecular complexity index is 374. The number of rotatable bonds is 8. The van der Waals surface area contributed by atoms with Crippen LogP contribution in [-0.2, 0) is 29.0 Å². The van der Waals surface area contributed by atoms with Crippen molar-refractivity contribution < 1.29 is 91.8 Å². The number of ether oxygens (including phenoxy) is 2. The summed E-state index contributed by atoms with van der Waals surface area (Å²) in [4.78, 5) is 0. The maximum Gasteiger partial charge on any atom is 0.431 e. The first-order valence-corrected chi connectivity index (χ1v) is 5.45. The molecule has 2 N–H and O–H groups in total. The van der Waals surface area contributed by atoms with Crippen molar-refractivity contribution in [1.29, 1.82) is 0 Å².